The van der Waals surface area contributed by atoms with Gasteiger partial charge < -0.3 is 14.6 Å². The molecule has 0 saturated heterocycles. The lowest BCUT2D eigenvalue weighted by molar-refractivity contribution is 0.102. The van der Waals surface area contributed by atoms with E-state index in [0.29, 0.717) is 17.2 Å². The molecule has 12 heteroatoms. The predicted molar refractivity (Wildman–Crippen MR) is 168 cm³/mol. The molecule has 1 spiro atoms. The highest BCUT2D eigenvalue weighted by atomic mass is 32.2. The third-order valence-electron chi connectivity index (χ3n) is 8.76. The average Bonchev–Trinajstić information content (AvgIpc) is 3.33. The van der Waals surface area contributed by atoms with Crippen LogP contribution >= 0.6 is 0 Å². The summed E-state index contributed by atoms with van der Waals surface area (Å²) >= 11 is 0. The van der Waals surface area contributed by atoms with E-state index in [1.165, 1.54) is 13.5 Å². The van der Waals surface area contributed by atoms with Gasteiger partial charge >= 0.3 is 0 Å². The Kier molecular flexibility index (Phi) is 6.77. The van der Waals surface area contributed by atoms with Gasteiger partial charge in [0.2, 0.25) is 10.0 Å². The van der Waals surface area contributed by atoms with E-state index in [1.807, 2.05) is 63.3 Å². The molecule has 2 unspecified atom stereocenters. The zero-order valence-corrected chi connectivity index (χ0v) is 26.4. The van der Waals surface area contributed by atoms with Crippen molar-refractivity contribution < 1.29 is 17.9 Å². The van der Waals surface area contributed by atoms with Crippen LogP contribution < -0.4 is 30.7 Å². The van der Waals surface area contributed by atoms with Crippen molar-refractivity contribution >= 4 is 38.7 Å². The maximum atomic E-state index is 13.6. The topological polar surface area (TPSA) is 130 Å². The van der Waals surface area contributed by atoms with E-state index in [2.05, 4.69) is 32.5 Å². The van der Waals surface area contributed by atoms with Crippen molar-refractivity contribution in [2.75, 3.05) is 28.4 Å². The van der Waals surface area contributed by atoms with Crippen LogP contribution in [0.25, 0.3) is 5.70 Å². The first-order valence-electron chi connectivity index (χ1n) is 14.4. The van der Waals surface area contributed by atoms with Crippen LogP contribution in [0.2, 0.25) is 0 Å². The maximum Gasteiger partial charge on any atom is 0.255 e. The number of hydrogen-bond donors (Lipinski definition) is 4. The number of rotatable bonds is 7. The lowest BCUT2D eigenvalue weighted by Gasteiger charge is -2.24. The Morgan fingerprint density at radius 2 is 1.91 bits per heavy atom. The number of carbonyl (C=O) groups excluding carboxylic acids is 1. The largest absolute Gasteiger partial charge is 0.492 e. The molecule has 3 aromatic rings. The monoisotopic (exact) mass is 605 g/mol. The van der Waals surface area contributed by atoms with Crippen LogP contribution in [0.5, 0.6) is 5.75 Å². The molecular formula is C31H39N7O4S. The van der Waals surface area contributed by atoms with E-state index >= 15 is 0 Å². The van der Waals surface area contributed by atoms with Crippen molar-refractivity contribution in [2.45, 2.75) is 64.8 Å². The third-order valence-corrected chi connectivity index (χ3v) is 9.35. The molecule has 1 fully saturated rings. The second-order valence-corrected chi connectivity index (χ2v) is 14.7. The minimum atomic E-state index is -3.59. The van der Waals surface area contributed by atoms with Gasteiger partial charge in [-0.05, 0) is 66.5 Å². The van der Waals surface area contributed by atoms with Gasteiger partial charge in [-0.1, -0.05) is 33.8 Å². The highest BCUT2D eigenvalue weighted by Crippen LogP contribution is 2.57. The van der Waals surface area contributed by atoms with Crippen molar-refractivity contribution in [2.24, 2.45) is 5.92 Å². The molecule has 0 bridgehead atoms. The number of nitrogens with zero attached hydrogens (tertiary/aromatic N) is 3. The van der Waals surface area contributed by atoms with E-state index in [4.69, 9.17) is 9.72 Å². The number of sulfonamides is 1. The molecule has 0 radical (unpaired) electrons. The number of methoxy groups -OCH3 is 1. The molecule has 228 valence electrons. The Balaban J connectivity index is 1.30. The fourth-order valence-corrected chi connectivity index (χ4v) is 6.80. The molecule has 2 atom stereocenters. The Bertz CT molecular complexity index is 1770. The Hall–Kier alpha value is -4.03. The Labute approximate surface area is 252 Å². The van der Waals surface area contributed by atoms with E-state index in [9.17, 15) is 13.2 Å². The lowest BCUT2D eigenvalue weighted by Crippen LogP contribution is -2.37. The molecule has 43 heavy (non-hydrogen) atoms. The highest BCUT2D eigenvalue weighted by molar-refractivity contribution is 7.92. The number of aromatic nitrogens is 2. The van der Waals surface area contributed by atoms with E-state index in [1.54, 1.807) is 12.1 Å². The molecule has 3 heterocycles. The van der Waals surface area contributed by atoms with Crippen LogP contribution in [0.4, 0.5) is 17.1 Å². The van der Waals surface area contributed by atoms with Crippen molar-refractivity contribution in [1.82, 2.24) is 20.5 Å². The van der Waals surface area contributed by atoms with Crippen molar-refractivity contribution in [3.05, 3.63) is 70.9 Å². The summed E-state index contributed by atoms with van der Waals surface area (Å²) in [4.78, 5) is 18.3. The fraction of sp³-hybridized carbons (Fsp3) is 0.419. The number of fused-ring (bicyclic) bond motifs is 2. The first-order chi connectivity index (χ1) is 20.2. The molecule has 3 aliphatic rings. The zero-order valence-electron chi connectivity index (χ0n) is 25.6. The van der Waals surface area contributed by atoms with Gasteiger partial charge in [-0.25, -0.2) is 13.4 Å². The number of carbonyl (C=O) groups is 1. The standard InChI is InChI=1S/C31H39N7O4S/c1-18-8-9-20(29(39)33-22-13-21(30(3,4)5)14-23(28(22)42-6)35-43(7,40)41)12-25(18)37-17-24(34-36-37)26-16-32-27-10-11-31(38(26)27)15-19(31)2/h8-9,12-14,16-17,19,34-36H,10-11,15H2,1-7H3,(H,33,39). The molecular weight excluding hydrogens is 566 g/mol. The van der Waals surface area contributed by atoms with Gasteiger partial charge in [0, 0.05) is 17.5 Å². The van der Waals surface area contributed by atoms with Gasteiger partial charge in [0.15, 0.2) is 5.75 Å². The quantitative estimate of drug-likeness (QED) is 0.307. The number of imidazole rings is 1. The smallest absolute Gasteiger partial charge is 0.255 e. The Morgan fingerprint density at radius 3 is 2.56 bits per heavy atom. The number of ether oxygens (including phenoxy) is 1. The molecule has 1 saturated carbocycles. The summed E-state index contributed by atoms with van der Waals surface area (Å²) in [5.74, 6) is 1.65. The van der Waals surface area contributed by atoms with Gasteiger partial charge in [0.1, 0.15) is 5.82 Å². The normalized spacial score (nSPS) is 21.0. The minimum absolute atomic E-state index is 0.188. The van der Waals surface area contributed by atoms with Crippen LogP contribution in [0, 0.1) is 12.8 Å². The summed E-state index contributed by atoms with van der Waals surface area (Å²) in [7, 11) is -2.15. The summed E-state index contributed by atoms with van der Waals surface area (Å²) in [6.45, 7) is 10.3. The summed E-state index contributed by atoms with van der Waals surface area (Å²) < 4.78 is 34.7. The second kappa shape index (κ2) is 10.0. The van der Waals surface area contributed by atoms with Crippen molar-refractivity contribution in [3.63, 3.8) is 0 Å². The number of amides is 1. The van der Waals surface area contributed by atoms with Gasteiger partial charge in [-0.15, -0.1) is 5.53 Å². The summed E-state index contributed by atoms with van der Waals surface area (Å²) in [6.07, 6.45) is 8.33. The number of nitrogens with one attached hydrogen (secondary N) is 4. The predicted octanol–water partition coefficient (Wildman–Crippen LogP) is 4.63. The molecule has 4 N–H and O–H groups in total. The molecule has 1 amide bonds. The van der Waals surface area contributed by atoms with Crippen LogP contribution in [0.1, 0.15) is 73.5 Å². The lowest BCUT2D eigenvalue weighted by atomic mass is 9.86. The number of aryl methyl sites for hydroxylation is 2. The highest BCUT2D eigenvalue weighted by Gasteiger charge is 2.57. The maximum absolute atomic E-state index is 13.6. The first-order valence-corrected chi connectivity index (χ1v) is 16.3. The van der Waals surface area contributed by atoms with E-state index in [-0.39, 0.29) is 28.3 Å². The molecule has 1 aromatic heterocycles. The average molecular weight is 606 g/mol. The third kappa shape index (κ3) is 5.22. The zero-order chi connectivity index (χ0) is 30.9. The first kappa shape index (κ1) is 29.1. The van der Waals surface area contributed by atoms with Crippen LogP contribution in [-0.2, 0) is 27.4 Å². The molecule has 2 aromatic carbocycles. The van der Waals surface area contributed by atoms with Gasteiger partial charge in [0.05, 0.1) is 54.2 Å². The number of benzene rings is 2. The van der Waals surface area contributed by atoms with Gasteiger partial charge in [-0.3, -0.25) is 20.0 Å². The molecule has 1 aliphatic carbocycles. The fourth-order valence-electron chi connectivity index (χ4n) is 6.25. The van der Waals surface area contributed by atoms with Crippen LogP contribution in [-0.4, -0.2) is 37.2 Å². The summed E-state index contributed by atoms with van der Waals surface area (Å²) in [5.41, 5.74) is 12.0. The van der Waals surface area contributed by atoms with Gasteiger partial charge in [0.25, 0.3) is 5.91 Å². The SMILES string of the molecule is COc1c(NC(=O)c2ccc(C)c(N3C=C(c4cnc5n4C4(CC5)CC4C)NN3)c2)cc(C(C)(C)C)cc1NS(C)(=O)=O. The minimum Gasteiger partial charge on any atom is -0.492 e. The number of hydrogen-bond acceptors (Lipinski definition) is 8. The molecule has 2 aliphatic heterocycles. The van der Waals surface area contributed by atoms with Crippen LogP contribution in [0.3, 0.4) is 0 Å². The number of hydrazine groups is 2. The second-order valence-electron chi connectivity index (χ2n) is 12.9. The molecule has 6 rings (SSSR count). The van der Waals surface area contributed by atoms with Crippen LogP contribution in [0.15, 0.2) is 42.7 Å². The van der Waals surface area contributed by atoms with Crippen molar-refractivity contribution in [1.29, 1.82) is 0 Å². The summed E-state index contributed by atoms with van der Waals surface area (Å²) in [6, 6.07) is 9.03. The van der Waals surface area contributed by atoms with E-state index < -0.39 is 10.0 Å². The summed E-state index contributed by atoms with van der Waals surface area (Å²) in [5, 5.41) is 4.82. The van der Waals surface area contributed by atoms with Crippen molar-refractivity contribution in [3.8, 4) is 5.75 Å². The van der Waals surface area contributed by atoms with E-state index in [0.717, 1.165) is 53.1 Å². The van der Waals surface area contributed by atoms with Gasteiger partial charge in [-0.2, -0.15) is 0 Å². The molecule has 11 nitrogen and oxygen atoms in total. The Morgan fingerprint density at radius 1 is 1.19 bits per heavy atom. The number of anilines is 3.